The van der Waals surface area contributed by atoms with Gasteiger partial charge in [-0.2, -0.15) is 0 Å². The van der Waals surface area contributed by atoms with E-state index in [9.17, 15) is 9.59 Å². The fourth-order valence-corrected chi connectivity index (χ4v) is 5.12. The number of hydrogen-bond donors (Lipinski definition) is 1. The van der Waals surface area contributed by atoms with Crippen molar-refractivity contribution in [2.24, 2.45) is 0 Å². The van der Waals surface area contributed by atoms with E-state index in [0.717, 1.165) is 28.1 Å². The molecular weight excluding hydrogens is 488 g/mol. The first-order valence-electron chi connectivity index (χ1n) is 11.7. The summed E-state index contributed by atoms with van der Waals surface area (Å²) in [5.41, 5.74) is 5.78. The average molecular weight is 517 g/mol. The predicted octanol–water partition coefficient (Wildman–Crippen LogP) is 6.85. The van der Waals surface area contributed by atoms with Crippen LogP contribution in [-0.2, 0) is 9.59 Å². The van der Waals surface area contributed by atoms with Crippen LogP contribution in [0.2, 0.25) is 0 Å². The van der Waals surface area contributed by atoms with Crippen LogP contribution < -0.4 is 15.0 Å². The first kappa shape index (κ1) is 25.7. The third-order valence-electron chi connectivity index (χ3n) is 5.95. The van der Waals surface area contributed by atoms with Gasteiger partial charge in [0.25, 0.3) is 11.8 Å². The van der Waals surface area contributed by atoms with E-state index in [1.54, 1.807) is 17.0 Å². The van der Waals surface area contributed by atoms with Gasteiger partial charge in [-0.15, -0.1) is 0 Å². The van der Waals surface area contributed by atoms with Crippen molar-refractivity contribution in [2.45, 2.75) is 33.6 Å². The Morgan fingerprint density at radius 2 is 1.78 bits per heavy atom. The van der Waals surface area contributed by atoms with Gasteiger partial charge in [0.15, 0.2) is 10.9 Å². The zero-order valence-corrected chi connectivity index (χ0v) is 22.3. The first-order chi connectivity index (χ1) is 17.2. The van der Waals surface area contributed by atoms with Gasteiger partial charge in [0.2, 0.25) is 0 Å². The van der Waals surface area contributed by atoms with Crippen LogP contribution in [-0.4, -0.2) is 22.7 Å². The highest BCUT2D eigenvalue weighted by molar-refractivity contribution is 8.27. The summed E-state index contributed by atoms with van der Waals surface area (Å²) in [6, 6.07) is 20.9. The van der Waals surface area contributed by atoms with Crippen molar-refractivity contribution in [3.63, 3.8) is 0 Å². The molecule has 0 saturated carbocycles. The molecule has 1 heterocycles. The van der Waals surface area contributed by atoms with E-state index in [1.807, 2.05) is 74.5 Å². The minimum absolute atomic E-state index is 0.0968. The molecule has 3 aromatic rings. The maximum Gasteiger partial charge on any atom is 0.270 e. The second-order valence-electron chi connectivity index (χ2n) is 8.93. The highest BCUT2D eigenvalue weighted by Gasteiger charge is 2.33. The number of aryl methyl sites for hydroxylation is 2. The number of ether oxygens (including phenoxy) is 1. The van der Waals surface area contributed by atoms with Crippen molar-refractivity contribution < 1.29 is 14.3 Å². The van der Waals surface area contributed by atoms with Crippen LogP contribution in [0.4, 0.5) is 11.4 Å². The van der Waals surface area contributed by atoms with Crippen LogP contribution in [0, 0.1) is 13.8 Å². The Kier molecular flexibility index (Phi) is 7.91. The molecule has 7 heteroatoms. The number of amides is 2. The summed E-state index contributed by atoms with van der Waals surface area (Å²) < 4.78 is 6.18. The molecule has 1 saturated heterocycles. The molecule has 2 amide bonds. The summed E-state index contributed by atoms with van der Waals surface area (Å²) in [4.78, 5) is 27.6. The van der Waals surface area contributed by atoms with Gasteiger partial charge in [0.1, 0.15) is 5.75 Å². The summed E-state index contributed by atoms with van der Waals surface area (Å²) in [6.45, 7) is 8.13. The smallest absolute Gasteiger partial charge is 0.270 e. The summed E-state index contributed by atoms with van der Waals surface area (Å²) in [5, 5.41) is 2.92. The van der Waals surface area contributed by atoms with Gasteiger partial charge in [-0.25, -0.2) is 0 Å². The number of benzene rings is 3. The third-order valence-corrected chi connectivity index (χ3v) is 7.25. The largest absolute Gasteiger partial charge is 0.484 e. The lowest BCUT2D eigenvalue weighted by Gasteiger charge is -2.15. The lowest BCUT2D eigenvalue weighted by atomic mass is 10.0. The zero-order chi connectivity index (χ0) is 25.8. The summed E-state index contributed by atoms with van der Waals surface area (Å²) in [6.07, 6.45) is 1.82. The molecule has 1 fully saturated rings. The van der Waals surface area contributed by atoms with Gasteiger partial charge >= 0.3 is 0 Å². The van der Waals surface area contributed by atoms with E-state index in [1.165, 1.54) is 17.3 Å². The molecule has 0 atom stereocenters. The van der Waals surface area contributed by atoms with E-state index in [0.29, 0.717) is 20.9 Å². The fraction of sp³-hybridized carbons (Fsp3) is 0.207. The Balaban J connectivity index is 1.38. The molecule has 1 aliphatic heterocycles. The number of nitrogens with zero attached hydrogens (tertiary/aromatic N) is 1. The minimum Gasteiger partial charge on any atom is -0.484 e. The van der Waals surface area contributed by atoms with Crippen molar-refractivity contribution in [2.75, 3.05) is 16.8 Å². The molecule has 1 N–H and O–H groups in total. The highest BCUT2D eigenvalue weighted by atomic mass is 32.2. The van der Waals surface area contributed by atoms with Crippen molar-refractivity contribution >= 4 is 57.6 Å². The average Bonchev–Trinajstić information content (AvgIpc) is 3.13. The topological polar surface area (TPSA) is 58.6 Å². The van der Waals surface area contributed by atoms with Crippen molar-refractivity contribution in [1.82, 2.24) is 0 Å². The maximum atomic E-state index is 13.1. The van der Waals surface area contributed by atoms with E-state index < -0.39 is 0 Å². The monoisotopic (exact) mass is 516 g/mol. The predicted molar refractivity (Wildman–Crippen MR) is 153 cm³/mol. The van der Waals surface area contributed by atoms with Gasteiger partial charge in [0.05, 0.1) is 10.6 Å². The molecule has 0 aromatic heterocycles. The Morgan fingerprint density at radius 3 is 2.47 bits per heavy atom. The molecule has 0 bridgehead atoms. The number of hydrogen-bond acceptors (Lipinski definition) is 5. The lowest BCUT2D eigenvalue weighted by molar-refractivity contribution is -0.118. The number of carbonyl (C=O) groups excluding carboxylic acids is 2. The number of rotatable bonds is 7. The van der Waals surface area contributed by atoms with Crippen molar-refractivity contribution in [3.8, 4) is 5.75 Å². The first-order valence-corrected chi connectivity index (χ1v) is 12.9. The number of thioether (sulfide) groups is 1. The Bertz CT molecular complexity index is 1350. The second kappa shape index (κ2) is 11.1. The number of anilines is 2. The number of nitrogens with one attached hydrogen (secondary N) is 1. The molecule has 0 radical (unpaired) electrons. The van der Waals surface area contributed by atoms with Gasteiger partial charge < -0.3 is 10.1 Å². The van der Waals surface area contributed by atoms with Crippen LogP contribution in [0.25, 0.3) is 6.08 Å². The van der Waals surface area contributed by atoms with Gasteiger partial charge in [0, 0.05) is 5.69 Å². The molecule has 36 heavy (non-hydrogen) atoms. The summed E-state index contributed by atoms with van der Waals surface area (Å²) in [5.74, 6) is 0.521. The standard InChI is InChI=1S/C29H28N2O3S2/c1-18(2)24-7-5-6-8-25(24)30-27(32)17-34-23-13-10-21(11-14-23)16-26-28(33)31(29(35)36-26)22-12-9-19(3)20(4)15-22/h5-16,18H,17H2,1-4H3,(H,30,32)/b26-16+. The number of para-hydroxylation sites is 1. The van der Waals surface area contributed by atoms with Crippen LogP contribution >= 0.6 is 24.0 Å². The molecule has 3 aromatic carbocycles. The summed E-state index contributed by atoms with van der Waals surface area (Å²) >= 11 is 6.78. The van der Waals surface area contributed by atoms with Crippen LogP contribution in [0.5, 0.6) is 5.75 Å². The van der Waals surface area contributed by atoms with Gasteiger partial charge in [-0.3, -0.25) is 14.5 Å². The molecule has 4 rings (SSSR count). The van der Waals surface area contributed by atoms with Crippen LogP contribution in [0.3, 0.4) is 0 Å². The Labute approximate surface area is 221 Å². The molecule has 5 nitrogen and oxygen atoms in total. The quantitative estimate of drug-likeness (QED) is 0.275. The zero-order valence-electron chi connectivity index (χ0n) is 20.7. The van der Waals surface area contributed by atoms with Crippen molar-refractivity contribution in [1.29, 1.82) is 0 Å². The van der Waals surface area contributed by atoms with E-state index in [2.05, 4.69) is 19.2 Å². The van der Waals surface area contributed by atoms with E-state index >= 15 is 0 Å². The minimum atomic E-state index is -0.220. The Morgan fingerprint density at radius 1 is 1.06 bits per heavy atom. The maximum absolute atomic E-state index is 13.1. The van der Waals surface area contributed by atoms with Gasteiger partial charge in [-0.05, 0) is 78.4 Å². The van der Waals surface area contributed by atoms with Crippen LogP contribution in [0.1, 0.15) is 42.0 Å². The molecule has 0 spiro atoms. The van der Waals surface area contributed by atoms with Gasteiger partial charge in [-0.1, -0.05) is 74.2 Å². The van der Waals surface area contributed by atoms with E-state index in [-0.39, 0.29) is 18.4 Å². The molecular formula is C29H28N2O3S2. The SMILES string of the molecule is Cc1ccc(N2C(=O)/C(=C\c3ccc(OCC(=O)Nc4ccccc4C(C)C)cc3)SC2=S)cc1C. The van der Waals surface area contributed by atoms with Crippen molar-refractivity contribution in [3.05, 3.63) is 93.9 Å². The lowest BCUT2D eigenvalue weighted by Crippen LogP contribution is -2.27. The summed E-state index contributed by atoms with van der Waals surface area (Å²) in [7, 11) is 0. The third kappa shape index (κ3) is 5.86. The second-order valence-corrected chi connectivity index (χ2v) is 10.6. The molecule has 0 unspecified atom stereocenters. The normalized spacial score (nSPS) is 14.6. The number of carbonyl (C=O) groups is 2. The highest BCUT2D eigenvalue weighted by Crippen LogP contribution is 2.36. The molecule has 1 aliphatic rings. The fourth-order valence-electron chi connectivity index (χ4n) is 3.82. The molecule has 184 valence electrons. The Hall–Kier alpha value is -3.42. The van der Waals surface area contributed by atoms with E-state index in [4.69, 9.17) is 17.0 Å². The number of thiocarbonyl (C=S) groups is 1. The molecule has 0 aliphatic carbocycles. The van der Waals surface area contributed by atoms with Crippen LogP contribution in [0.15, 0.2) is 71.6 Å².